The van der Waals surface area contributed by atoms with Gasteiger partial charge in [0, 0.05) is 25.0 Å². The molecule has 4 aromatic carbocycles. The zero-order valence-corrected chi connectivity index (χ0v) is 31.5. The van der Waals surface area contributed by atoms with E-state index in [1.807, 2.05) is 0 Å². The molecule has 1 aliphatic rings. The molecule has 1 heterocycles. The molecule has 250 valence electrons. The van der Waals surface area contributed by atoms with Crippen LogP contribution in [0.1, 0.15) is 48.0 Å². The fraction of sp³-hybridized carbons (Fsp3) is 0.385. The molecule has 0 N–H and O–H groups in total. The zero-order valence-electron chi connectivity index (χ0n) is 28.7. The van der Waals surface area contributed by atoms with Gasteiger partial charge in [-0.3, -0.25) is 8.37 Å². The number of rotatable bonds is 10. The second-order valence-electron chi connectivity index (χ2n) is 14.7. The van der Waals surface area contributed by atoms with Gasteiger partial charge in [0.1, 0.15) is 0 Å². The molecule has 0 radical (unpaired) electrons. The van der Waals surface area contributed by atoms with Crippen LogP contribution in [0.4, 0.5) is 0 Å². The summed E-state index contributed by atoms with van der Waals surface area (Å²) in [6, 6.07) is 42.8. The van der Waals surface area contributed by atoms with Gasteiger partial charge < -0.3 is 8.85 Å². The average molecular weight is 687 g/mol. The van der Waals surface area contributed by atoms with Gasteiger partial charge in [-0.05, 0) is 37.2 Å². The highest BCUT2D eigenvalue weighted by atomic mass is 32.2. The van der Waals surface area contributed by atoms with Crippen LogP contribution in [-0.2, 0) is 28.6 Å². The quantitative estimate of drug-likeness (QED) is 0.181. The van der Waals surface area contributed by atoms with E-state index in [0.29, 0.717) is 26.4 Å². The first-order valence-corrected chi connectivity index (χ1v) is 21.5. The third kappa shape index (κ3) is 7.80. The van der Waals surface area contributed by atoms with Crippen molar-refractivity contribution in [2.75, 3.05) is 26.4 Å². The van der Waals surface area contributed by atoms with Crippen LogP contribution >= 0.6 is 0 Å². The van der Waals surface area contributed by atoms with Crippen LogP contribution in [-0.4, -0.2) is 47.3 Å². The first-order chi connectivity index (χ1) is 22.5. The highest BCUT2D eigenvalue weighted by molar-refractivity contribution is 7.75. The van der Waals surface area contributed by atoms with Crippen molar-refractivity contribution in [3.63, 3.8) is 0 Å². The molecule has 5 nitrogen and oxygen atoms in total. The summed E-state index contributed by atoms with van der Waals surface area (Å²) in [7, 11) is -5.50. The molecule has 4 aromatic rings. The highest BCUT2D eigenvalue weighted by Gasteiger charge is 2.52. The van der Waals surface area contributed by atoms with E-state index in [1.165, 1.54) is 20.7 Å². The van der Waals surface area contributed by atoms with Crippen LogP contribution in [0.2, 0.25) is 10.1 Å². The summed E-state index contributed by atoms with van der Waals surface area (Å²) in [4.78, 5) is 0. The van der Waals surface area contributed by atoms with Gasteiger partial charge in [-0.15, -0.1) is 0 Å². The minimum atomic E-state index is -2.75. The largest absolute Gasteiger partial charge is 0.407 e. The summed E-state index contributed by atoms with van der Waals surface area (Å²) in [6.45, 7) is 15.3. The fourth-order valence-electron chi connectivity index (χ4n) is 7.19. The molecule has 2 atom stereocenters. The molecule has 0 aliphatic carbocycles. The van der Waals surface area contributed by atoms with E-state index in [9.17, 15) is 4.21 Å². The zero-order chi connectivity index (χ0) is 33.5. The maximum absolute atomic E-state index is 12.7. The van der Waals surface area contributed by atoms with Crippen molar-refractivity contribution < 1.29 is 21.4 Å². The van der Waals surface area contributed by atoms with E-state index in [1.54, 1.807) is 0 Å². The summed E-state index contributed by atoms with van der Waals surface area (Å²) in [5.74, 6) is 0.0227. The van der Waals surface area contributed by atoms with Gasteiger partial charge in [-0.25, -0.2) is 0 Å². The van der Waals surface area contributed by atoms with Crippen molar-refractivity contribution >= 4 is 48.7 Å². The molecule has 1 saturated heterocycles. The summed E-state index contributed by atoms with van der Waals surface area (Å²) in [5, 5.41) is 4.67. The Morgan fingerprint density at radius 2 is 0.830 bits per heavy atom. The molecule has 1 aliphatic heterocycles. The topological polar surface area (TPSA) is 54.0 Å². The number of benzene rings is 4. The smallest absolute Gasteiger partial charge is 0.304 e. The normalized spacial score (nSPS) is 18.8. The maximum Gasteiger partial charge on any atom is 0.304 e. The van der Waals surface area contributed by atoms with Gasteiger partial charge >= 0.3 is 11.4 Å². The molecular formula is C39H50O5SSi2. The molecule has 0 unspecified atom stereocenters. The van der Waals surface area contributed by atoms with E-state index in [0.717, 1.165) is 6.42 Å². The van der Waals surface area contributed by atoms with Crippen LogP contribution in [0.5, 0.6) is 0 Å². The molecule has 0 bridgehead atoms. The monoisotopic (exact) mass is 686 g/mol. The summed E-state index contributed by atoms with van der Waals surface area (Å²) >= 11 is -1.83. The van der Waals surface area contributed by atoms with Gasteiger partial charge in [0.15, 0.2) is 0 Å². The van der Waals surface area contributed by atoms with Crippen LogP contribution < -0.4 is 20.7 Å². The van der Waals surface area contributed by atoms with E-state index in [-0.39, 0.29) is 21.9 Å². The first kappa shape index (κ1) is 35.6. The lowest BCUT2D eigenvalue weighted by Gasteiger charge is -2.44. The van der Waals surface area contributed by atoms with Crippen molar-refractivity contribution in [3.05, 3.63) is 121 Å². The lowest BCUT2D eigenvalue weighted by molar-refractivity contribution is 0.0819. The minimum absolute atomic E-state index is 0.0113. The third-order valence-electron chi connectivity index (χ3n) is 9.37. The summed E-state index contributed by atoms with van der Waals surface area (Å²) < 4.78 is 38.8. The minimum Gasteiger partial charge on any atom is -0.407 e. The predicted octanol–water partition coefficient (Wildman–Crippen LogP) is 6.39. The van der Waals surface area contributed by atoms with Gasteiger partial charge in [-0.1, -0.05) is 163 Å². The second kappa shape index (κ2) is 15.2. The Labute approximate surface area is 286 Å². The van der Waals surface area contributed by atoms with Crippen molar-refractivity contribution in [2.45, 2.75) is 58.0 Å². The van der Waals surface area contributed by atoms with E-state index in [2.05, 4.69) is 163 Å². The van der Waals surface area contributed by atoms with Gasteiger partial charge in [0.2, 0.25) is 0 Å². The average Bonchev–Trinajstić information content (AvgIpc) is 3.06. The molecule has 0 aromatic heterocycles. The Balaban J connectivity index is 1.45. The summed E-state index contributed by atoms with van der Waals surface area (Å²) in [5.41, 5.74) is 0. The molecule has 0 amide bonds. The Kier molecular flexibility index (Phi) is 11.5. The number of hydrogen-bond donors (Lipinski definition) is 0. The Morgan fingerprint density at radius 1 is 0.553 bits per heavy atom. The second-order valence-corrected chi connectivity index (χ2v) is 24.2. The fourth-order valence-corrected chi connectivity index (χ4v) is 17.1. The Morgan fingerprint density at radius 3 is 1.09 bits per heavy atom. The van der Waals surface area contributed by atoms with Crippen molar-refractivity contribution in [1.29, 1.82) is 0 Å². The van der Waals surface area contributed by atoms with Crippen molar-refractivity contribution in [2.24, 2.45) is 11.8 Å². The van der Waals surface area contributed by atoms with Crippen LogP contribution in [0.3, 0.4) is 0 Å². The van der Waals surface area contributed by atoms with E-state index >= 15 is 0 Å². The lowest BCUT2D eigenvalue weighted by Crippen LogP contribution is -2.67. The first-order valence-electron chi connectivity index (χ1n) is 16.7. The summed E-state index contributed by atoms with van der Waals surface area (Å²) in [6.07, 6.45) is 0.771. The van der Waals surface area contributed by atoms with Crippen LogP contribution in [0.25, 0.3) is 0 Å². The Bertz CT molecular complexity index is 1360. The van der Waals surface area contributed by atoms with Gasteiger partial charge in [0.25, 0.3) is 16.6 Å². The maximum atomic E-state index is 12.7. The molecule has 8 heteroatoms. The third-order valence-corrected chi connectivity index (χ3v) is 20.0. The van der Waals surface area contributed by atoms with Gasteiger partial charge in [0.05, 0.1) is 13.2 Å². The number of hydrogen-bond acceptors (Lipinski definition) is 5. The lowest BCUT2D eigenvalue weighted by atomic mass is 9.97. The molecular weight excluding hydrogens is 637 g/mol. The molecule has 1 fully saturated rings. The molecule has 5 rings (SSSR count). The SMILES string of the molecule is CC(C)(C)[Si](OC[C@@H]1COS(=O)OC[C@@H](CO[Si](c2ccccc2)(c2ccccc2)C(C)(C)C)C1)(c1ccccc1)c1ccccc1. The standard InChI is InChI=1S/C39H50O5SSi2/c1-38(2,3)46(34-19-11-7-12-20-34,35-21-13-8-14-22-35)43-30-32-27-33(29-42-45(40)41-28-32)31-44-47(39(4,5)6,36-23-15-9-16-24-36)37-25-17-10-18-26-37/h7-26,32-33H,27-31H2,1-6H3/t32-,33-/m0/s1. The van der Waals surface area contributed by atoms with Crippen molar-refractivity contribution in [3.8, 4) is 0 Å². The van der Waals surface area contributed by atoms with E-state index in [4.69, 9.17) is 17.2 Å². The van der Waals surface area contributed by atoms with Gasteiger partial charge in [-0.2, -0.15) is 4.21 Å². The Hall–Kier alpha value is -2.70. The molecule has 0 saturated carbocycles. The molecule has 47 heavy (non-hydrogen) atoms. The predicted molar refractivity (Wildman–Crippen MR) is 199 cm³/mol. The molecule has 0 spiro atoms. The van der Waals surface area contributed by atoms with Crippen LogP contribution in [0.15, 0.2) is 121 Å². The van der Waals surface area contributed by atoms with Crippen molar-refractivity contribution in [1.82, 2.24) is 0 Å². The van der Waals surface area contributed by atoms with E-state index < -0.39 is 28.0 Å². The van der Waals surface area contributed by atoms with Crippen LogP contribution in [0, 0.1) is 11.8 Å². The highest BCUT2D eigenvalue weighted by Crippen LogP contribution is 2.39.